The molecule has 0 aliphatic heterocycles. The molecule has 1 fully saturated rings. The van der Waals surface area contributed by atoms with Crippen LogP contribution in [0.1, 0.15) is 36.5 Å². The molecule has 1 aliphatic rings. The Morgan fingerprint density at radius 3 is 2.74 bits per heavy atom. The van der Waals surface area contributed by atoms with E-state index in [-0.39, 0.29) is 17.6 Å². The van der Waals surface area contributed by atoms with Crippen molar-refractivity contribution in [3.05, 3.63) is 59.8 Å². The normalized spacial score (nSPS) is 15.3. The first-order valence-electron chi connectivity index (χ1n) is 7.93. The summed E-state index contributed by atoms with van der Waals surface area (Å²) in [5.74, 6) is 0.518. The fraction of sp³-hybridized carbons (Fsp3) is 0.389. The molecule has 1 saturated carbocycles. The Balaban J connectivity index is 1.46. The zero-order chi connectivity index (χ0) is 16.1. The Bertz CT molecular complexity index is 620. The van der Waals surface area contributed by atoms with E-state index in [1.807, 2.05) is 12.1 Å². The van der Waals surface area contributed by atoms with Crippen LogP contribution in [0.25, 0.3) is 0 Å². The molecule has 1 aromatic heterocycles. The molecule has 1 heterocycles. The van der Waals surface area contributed by atoms with Gasteiger partial charge in [-0.1, -0.05) is 12.1 Å². The zero-order valence-electron chi connectivity index (χ0n) is 12.8. The van der Waals surface area contributed by atoms with E-state index in [4.69, 9.17) is 9.25 Å². The monoisotopic (exact) mass is 317 g/mol. The van der Waals surface area contributed by atoms with Crippen LogP contribution in [0.4, 0.5) is 4.39 Å². The topological polar surface area (TPSA) is 51.5 Å². The van der Waals surface area contributed by atoms with Gasteiger partial charge in [-0.05, 0) is 55.0 Å². The molecule has 0 spiro atoms. The molecule has 1 aliphatic carbocycles. The largest absolute Gasteiger partial charge is 0.469 e. The van der Waals surface area contributed by atoms with Gasteiger partial charge < -0.3 is 4.42 Å². The molecule has 1 unspecified atom stereocenters. The molecular formula is C18H20FNO3. The number of carbonyl (C=O) groups excluding carboxylic acids is 1. The van der Waals surface area contributed by atoms with Crippen molar-refractivity contribution < 1.29 is 18.4 Å². The van der Waals surface area contributed by atoms with Gasteiger partial charge in [0.05, 0.1) is 18.8 Å². The highest BCUT2D eigenvalue weighted by molar-refractivity contribution is 5.83. The van der Waals surface area contributed by atoms with Gasteiger partial charge in [0.2, 0.25) is 0 Å². The molecule has 3 rings (SSSR count). The van der Waals surface area contributed by atoms with Crippen molar-refractivity contribution in [1.29, 1.82) is 0 Å². The van der Waals surface area contributed by atoms with Crippen molar-refractivity contribution in [2.75, 3.05) is 6.61 Å². The van der Waals surface area contributed by atoms with Crippen LogP contribution >= 0.6 is 0 Å². The maximum atomic E-state index is 13.0. The van der Waals surface area contributed by atoms with Gasteiger partial charge in [-0.15, -0.1) is 0 Å². The summed E-state index contributed by atoms with van der Waals surface area (Å²) in [6.45, 7) is 0.424. The summed E-state index contributed by atoms with van der Waals surface area (Å²) in [5, 5.41) is 0. The maximum absolute atomic E-state index is 13.0. The summed E-state index contributed by atoms with van der Waals surface area (Å²) in [4.78, 5) is 17.6. The number of furan rings is 1. The molecule has 1 amide bonds. The van der Waals surface area contributed by atoms with Crippen molar-refractivity contribution in [3.8, 4) is 0 Å². The minimum Gasteiger partial charge on any atom is -0.469 e. The third-order valence-corrected chi connectivity index (χ3v) is 4.03. The average molecular weight is 317 g/mol. The molecule has 122 valence electrons. The molecule has 0 bridgehead atoms. The van der Waals surface area contributed by atoms with E-state index in [2.05, 4.69) is 5.48 Å². The lowest BCUT2D eigenvalue weighted by atomic mass is 9.93. The molecule has 1 aromatic carbocycles. The Morgan fingerprint density at radius 1 is 1.30 bits per heavy atom. The molecule has 0 saturated heterocycles. The third kappa shape index (κ3) is 4.42. The van der Waals surface area contributed by atoms with E-state index in [0.717, 1.165) is 37.0 Å². The average Bonchev–Trinajstić information content (AvgIpc) is 3.24. The second kappa shape index (κ2) is 7.42. The summed E-state index contributed by atoms with van der Waals surface area (Å²) < 4.78 is 18.3. The predicted molar refractivity (Wildman–Crippen MR) is 83.0 cm³/mol. The van der Waals surface area contributed by atoms with Crippen molar-refractivity contribution in [3.63, 3.8) is 0 Å². The highest BCUT2D eigenvalue weighted by Crippen LogP contribution is 2.42. The number of aryl methyl sites for hydroxylation is 1. The number of halogens is 1. The van der Waals surface area contributed by atoms with E-state index in [0.29, 0.717) is 12.5 Å². The molecule has 23 heavy (non-hydrogen) atoms. The molecule has 1 N–H and O–H groups in total. The van der Waals surface area contributed by atoms with Crippen molar-refractivity contribution in [2.24, 2.45) is 5.92 Å². The van der Waals surface area contributed by atoms with Gasteiger partial charge in [0.25, 0.3) is 5.91 Å². The van der Waals surface area contributed by atoms with Gasteiger partial charge in [0.1, 0.15) is 11.6 Å². The van der Waals surface area contributed by atoms with Crippen LogP contribution < -0.4 is 5.48 Å². The third-order valence-electron chi connectivity index (χ3n) is 4.03. The lowest BCUT2D eigenvalue weighted by Gasteiger charge is -2.16. The summed E-state index contributed by atoms with van der Waals surface area (Å²) in [5.41, 5.74) is 3.37. The number of benzene rings is 1. The standard InChI is InChI=1S/C18H20FNO3/c19-15-9-7-14(8-10-15)17(13-5-6-13)18(21)20-23-12-2-4-16-3-1-11-22-16/h1,3,7-11,13,17H,2,4-6,12H2,(H,20,21). The Morgan fingerprint density at radius 2 is 2.09 bits per heavy atom. The van der Waals surface area contributed by atoms with Crippen LogP contribution in [0.5, 0.6) is 0 Å². The maximum Gasteiger partial charge on any atom is 0.251 e. The van der Waals surface area contributed by atoms with Crippen LogP contribution in [0.15, 0.2) is 47.1 Å². The summed E-state index contributed by atoms with van der Waals surface area (Å²) in [7, 11) is 0. The summed E-state index contributed by atoms with van der Waals surface area (Å²) in [6.07, 6.45) is 5.22. The number of hydrogen-bond acceptors (Lipinski definition) is 3. The lowest BCUT2D eigenvalue weighted by molar-refractivity contribution is -0.135. The second-order valence-electron chi connectivity index (χ2n) is 5.86. The Labute approximate surface area is 134 Å². The molecule has 1 atom stereocenters. The molecule has 4 nitrogen and oxygen atoms in total. The molecule has 2 aromatic rings. The zero-order valence-corrected chi connectivity index (χ0v) is 12.8. The SMILES string of the molecule is O=C(NOCCCc1ccco1)C(c1ccc(F)cc1)C1CC1. The number of hydrogen-bond donors (Lipinski definition) is 1. The van der Waals surface area contributed by atoms with E-state index in [1.165, 1.54) is 12.1 Å². The van der Waals surface area contributed by atoms with Crippen molar-refractivity contribution in [1.82, 2.24) is 5.48 Å². The van der Waals surface area contributed by atoms with E-state index in [1.54, 1.807) is 18.4 Å². The van der Waals surface area contributed by atoms with Crippen LogP contribution in [-0.2, 0) is 16.1 Å². The van der Waals surface area contributed by atoms with E-state index >= 15 is 0 Å². The minimum atomic E-state index is -0.294. The van der Waals surface area contributed by atoms with Crippen molar-refractivity contribution >= 4 is 5.91 Å². The number of carbonyl (C=O) groups is 1. The van der Waals surface area contributed by atoms with Gasteiger partial charge in [0, 0.05) is 6.42 Å². The molecular weight excluding hydrogens is 297 g/mol. The fourth-order valence-corrected chi connectivity index (χ4v) is 2.70. The van der Waals surface area contributed by atoms with Gasteiger partial charge >= 0.3 is 0 Å². The summed E-state index contributed by atoms with van der Waals surface area (Å²) in [6, 6.07) is 9.89. The van der Waals surface area contributed by atoms with Gasteiger partial charge in [-0.2, -0.15) is 0 Å². The Hall–Kier alpha value is -2.14. The van der Waals surface area contributed by atoms with E-state index in [9.17, 15) is 9.18 Å². The quantitative estimate of drug-likeness (QED) is 0.598. The number of hydroxylamine groups is 1. The Kier molecular flexibility index (Phi) is 5.08. The van der Waals surface area contributed by atoms with Gasteiger partial charge in [-0.3, -0.25) is 9.63 Å². The minimum absolute atomic E-state index is 0.155. The number of rotatable bonds is 8. The van der Waals surface area contributed by atoms with Crippen LogP contribution in [-0.4, -0.2) is 12.5 Å². The lowest BCUT2D eigenvalue weighted by Crippen LogP contribution is -2.31. The fourth-order valence-electron chi connectivity index (χ4n) is 2.70. The van der Waals surface area contributed by atoms with Crippen LogP contribution in [0.3, 0.4) is 0 Å². The van der Waals surface area contributed by atoms with Gasteiger partial charge in [0.15, 0.2) is 0 Å². The van der Waals surface area contributed by atoms with Crippen LogP contribution in [0.2, 0.25) is 0 Å². The highest BCUT2D eigenvalue weighted by Gasteiger charge is 2.37. The first kappa shape index (κ1) is 15.7. The first-order valence-corrected chi connectivity index (χ1v) is 7.93. The first-order chi connectivity index (χ1) is 11.2. The van der Waals surface area contributed by atoms with E-state index < -0.39 is 0 Å². The van der Waals surface area contributed by atoms with Crippen molar-refractivity contribution in [2.45, 2.75) is 31.6 Å². The van der Waals surface area contributed by atoms with Crippen LogP contribution in [0, 0.1) is 11.7 Å². The smallest absolute Gasteiger partial charge is 0.251 e. The van der Waals surface area contributed by atoms with Gasteiger partial charge in [-0.25, -0.2) is 9.87 Å². The second-order valence-corrected chi connectivity index (χ2v) is 5.86. The number of amides is 1. The highest BCUT2D eigenvalue weighted by atomic mass is 19.1. The predicted octanol–water partition coefficient (Wildman–Crippen LogP) is 3.59. The molecule has 5 heteroatoms. The summed E-state index contributed by atoms with van der Waals surface area (Å²) >= 11 is 0. The number of nitrogens with one attached hydrogen (secondary N) is 1. The molecule has 0 radical (unpaired) electrons.